The summed E-state index contributed by atoms with van der Waals surface area (Å²) < 4.78 is 0.939. The van der Waals surface area contributed by atoms with Crippen LogP contribution in [0.5, 0.6) is 5.75 Å². The fraction of sp³-hybridized carbons (Fsp3) is 0. The van der Waals surface area contributed by atoms with Crippen LogP contribution in [-0.2, 0) is 0 Å². The van der Waals surface area contributed by atoms with E-state index in [-0.39, 0.29) is 16.8 Å². The molecule has 0 aliphatic carbocycles. The first kappa shape index (κ1) is 15.7. The maximum Gasteiger partial charge on any atom is 0.269 e. The van der Waals surface area contributed by atoms with Gasteiger partial charge < -0.3 is 10.4 Å². The molecule has 0 aliphatic rings. The molecule has 2 aromatic carbocycles. The smallest absolute Gasteiger partial charge is 0.269 e. The average molecular weight is 363 g/mol. The van der Waals surface area contributed by atoms with Crippen molar-refractivity contribution in [3.05, 3.63) is 58.4 Å². The lowest BCUT2D eigenvalue weighted by molar-refractivity contribution is 0.0982. The fourth-order valence-corrected chi connectivity index (χ4v) is 3.69. The van der Waals surface area contributed by atoms with E-state index in [0.717, 1.165) is 10.1 Å². The van der Waals surface area contributed by atoms with Crippen molar-refractivity contribution >= 4 is 61.9 Å². The zero-order valence-corrected chi connectivity index (χ0v) is 14.1. The van der Waals surface area contributed by atoms with Gasteiger partial charge in [0, 0.05) is 21.8 Å². The number of carbonyl (C=O) groups excluding carboxylic acids is 1. The molecule has 0 aliphatic heterocycles. The first-order chi connectivity index (χ1) is 11.0. The summed E-state index contributed by atoms with van der Waals surface area (Å²) in [5, 5.41) is 16.2. The van der Waals surface area contributed by atoms with Gasteiger partial charge in [0.15, 0.2) is 5.11 Å². The molecule has 4 nitrogen and oxygen atoms in total. The van der Waals surface area contributed by atoms with E-state index in [1.165, 1.54) is 17.4 Å². The molecule has 0 bridgehead atoms. The number of halogens is 1. The van der Waals surface area contributed by atoms with Crippen LogP contribution in [0.15, 0.2) is 48.5 Å². The van der Waals surface area contributed by atoms with Gasteiger partial charge in [-0.1, -0.05) is 35.9 Å². The van der Waals surface area contributed by atoms with E-state index >= 15 is 0 Å². The van der Waals surface area contributed by atoms with Gasteiger partial charge >= 0.3 is 0 Å². The molecular weight excluding hydrogens is 352 g/mol. The van der Waals surface area contributed by atoms with Crippen molar-refractivity contribution < 1.29 is 9.90 Å². The highest BCUT2D eigenvalue weighted by atomic mass is 35.5. The van der Waals surface area contributed by atoms with Crippen molar-refractivity contribution in [1.29, 1.82) is 0 Å². The monoisotopic (exact) mass is 362 g/mol. The van der Waals surface area contributed by atoms with Crippen LogP contribution in [-0.4, -0.2) is 16.1 Å². The normalized spacial score (nSPS) is 10.5. The lowest BCUT2D eigenvalue weighted by Crippen LogP contribution is -2.33. The molecule has 0 saturated carbocycles. The zero-order chi connectivity index (χ0) is 16.4. The number of amides is 1. The molecule has 0 atom stereocenters. The maximum atomic E-state index is 12.3. The second-order valence-corrected chi connectivity index (χ2v) is 6.54. The summed E-state index contributed by atoms with van der Waals surface area (Å²) >= 11 is 12.7. The number of aromatic hydroxyl groups is 1. The summed E-state index contributed by atoms with van der Waals surface area (Å²) in [6.07, 6.45) is 0. The summed E-state index contributed by atoms with van der Waals surface area (Å²) in [5.74, 6) is -0.259. The third-order valence-electron chi connectivity index (χ3n) is 3.07. The molecule has 0 saturated heterocycles. The second-order valence-electron chi connectivity index (χ2n) is 4.70. The summed E-state index contributed by atoms with van der Waals surface area (Å²) in [7, 11) is 0. The van der Waals surface area contributed by atoms with Crippen molar-refractivity contribution in [2.45, 2.75) is 0 Å². The number of phenolic OH excluding ortho intramolecular Hbond substituents is 1. The van der Waals surface area contributed by atoms with Crippen molar-refractivity contribution in [3.8, 4) is 5.75 Å². The van der Waals surface area contributed by atoms with E-state index in [9.17, 15) is 9.90 Å². The molecule has 7 heteroatoms. The standard InChI is InChI=1S/C16H11ClN2O2S2/c17-13-11-6-1-2-7-12(11)23-14(13)15(21)19-16(22)18-9-4-3-5-10(20)8-9/h1-8,20H,(H2,18,19,21,22). The number of thiophene rings is 1. The summed E-state index contributed by atoms with van der Waals surface area (Å²) in [6.45, 7) is 0. The summed E-state index contributed by atoms with van der Waals surface area (Å²) in [5.41, 5.74) is 0.581. The number of hydrogen-bond acceptors (Lipinski definition) is 4. The van der Waals surface area contributed by atoms with Crippen molar-refractivity contribution in [3.63, 3.8) is 0 Å². The van der Waals surface area contributed by atoms with Crippen LogP contribution in [0.25, 0.3) is 10.1 Å². The Labute approximate surface area is 146 Å². The minimum Gasteiger partial charge on any atom is -0.508 e. The molecule has 116 valence electrons. The average Bonchev–Trinajstić information content (AvgIpc) is 2.85. The van der Waals surface area contributed by atoms with Crippen LogP contribution in [0.1, 0.15) is 9.67 Å². The van der Waals surface area contributed by atoms with E-state index in [1.54, 1.807) is 18.2 Å². The number of nitrogens with one attached hydrogen (secondary N) is 2. The largest absolute Gasteiger partial charge is 0.508 e. The number of phenols is 1. The molecule has 1 amide bonds. The predicted molar refractivity (Wildman–Crippen MR) is 98.6 cm³/mol. The lowest BCUT2D eigenvalue weighted by atomic mass is 10.2. The third-order valence-corrected chi connectivity index (χ3v) is 4.95. The van der Waals surface area contributed by atoms with Gasteiger partial charge in [0.2, 0.25) is 0 Å². The highest BCUT2D eigenvalue weighted by molar-refractivity contribution is 7.80. The molecule has 3 aromatic rings. The zero-order valence-electron chi connectivity index (χ0n) is 11.7. The minimum atomic E-state index is -0.367. The Morgan fingerprint density at radius 3 is 2.70 bits per heavy atom. The van der Waals surface area contributed by atoms with Crippen LogP contribution in [0.3, 0.4) is 0 Å². The van der Waals surface area contributed by atoms with Gasteiger partial charge in [0.05, 0.1) is 5.02 Å². The first-order valence-corrected chi connectivity index (χ1v) is 8.23. The van der Waals surface area contributed by atoms with E-state index in [1.807, 2.05) is 24.3 Å². The second kappa shape index (κ2) is 6.54. The topological polar surface area (TPSA) is 61.4 Å². The van der Waals surface area contributed by atoms with Gasteiger partial charge in [-0.3, -0.25) is 10.1 Å². The molecular formula is C16H11ClN2O2S2. The molecule has 0 radical (unpaired) electrons. The van der Waals surface area contributed by atoms with Crippen LogP contribution in [0.4, 0.5) is 5.69 Å². The molecule has 23 heavy (non-hydrogen) atoms. The van der Waals surface area contributed by atoms with Crippen LogP contribution in [0, 0.1) is 0 Å². The Morgan fingerprint density at radius 1 is 1.17 bits per heavy atom. The first-order valence-electron chi connectivity index (χ1n) is 6.63. The molecule has 3 N–H and O–H groups in total. The Hall–Kier alpha value is -2.15. The van der Waals surface area contributed by atoms with Gasteiger partial charge in [-0.2, -0.15) is 0 Å². The lowest BCUT2D eigenvalue weighted by Gasteiger charge is -2.09. The molecule has 0 unspecified atom stereocenters. The molecule has 0 fully saturated rings. The van der Waals surface area contributed by atoms with E-state index in [2.05, 4.69) is 10.6 Å². The van der Waals surface area contributed by atoms with Crippen molar-refractivity contribution in [1.82, 2.24) is 5.32 Å². The molecule has 3 rings (SSSR count). The van der Waals surface area contributed by atoms with E-state index in [0.29, 0.717) is 15.6 Å². The van der Waals surface area contributed by atoms with Gasteiger partial charge in [-0.25, -0.2) is 0 Å². The fourth-order valence-electron chi connectivity index (χ4n) is 2.07. The highest BCUT2D eigenvalue weighted by Gasteiger charge is 2.17. The molecule has 1 heterocycles. The Bertz CT molecular complexity index is 908. The summed E-state index contributed by atoms with van der Waals surface area (Å²) in [6, 6.07) is 14.0. The van der Waals surface area contributed by atoms with Gasteiger partial charge in [-0.05, 0) is 30.4 Å². The predicted octanol–water partition coefficient (Wildman–Crippen LogP) is 4.39. The number of fused-ring (bicyclic) bond motifs is 1. The van der Waals surface area contributed by atoms with Crippen LogP contribution in [0.2, 0.25) is 5.02 Å². The SMILES string of the molecule is O=C(NC(=S)Nc1cccc(O)c1)c1sc2ccccc2c1Cl. The number of thiocarbonyl (C=S) groups is 1. The number of rotatable bonds is 2. The van der Waals surface area contributed by atoms with Gasteiger partial charge in [0.25, 0.3) is 5.91 Å². The number of hydrogen-bond donors (Lipinski definition) is 3. The molecule has 1 aromatic heterocycles. The van der Waals surface area contributed by atoms with E-state index < -0.39 is 0 Å². The Morgan fingerprint density at radius 2 is 1.96 bits per heavy atom. The summed E-state index contributed by atoms with van der Waals surface area (Å²) in [4.78, 5) is 12.8. The Kier molecular flexibility index (Phi) is 4.47. The van der Waals surface area contributed by atoms with Crippen LogP contribution >= 0.6 is 35.2 Å². The van der Waals surface area contributed by atoms with Crippen molar-refractivity contribution in [2.75, 3.05) is 5.32 Å². The Balaban J connectivity index is 1.75. The van der Waals surface area contributed by atoms with E-state index in [4.69, 9.17) is 23.8 Å². The van der Waals surface area contributed by atoms with Crippen LogP contribution < -0.4 is 10.6 Å². The molecule has 0 spiro atoms. The number of carbonyl (C=O) groups is 1. The number of anilines is 1. The third kappa shape index (κ3) is 3.44. The highest BCUT2D eigenvalue weighted by Crippen LogP contribution is 2.34. The van der Waals surface area contributed by atoms with Crippen molar-refractivity contribution in [2.24, 2.45) is 0 Å². The minimum absolute atomic E-state index is 0.108. The quantitative estimate of drug-likeness (QED) is 0.592. The van der Waals surface area contributed by atoms with Gasteiger partial charge in [0.1, 0.15) is 10.6 Å². The maximum absolute atomic E-state index is 12.3. The van der Waals surface area contributed by atoms with Gasteiger partial charge in [-0.15, -0.1) is 11.3 Å². The number of benzene rings is 2.